The van der Waals surface area contributed by atoms with Crippen LogP contribution in [-0.4, -0.2) is 37.0 Å². The Kier molecular flexibility index (Phi) is 6.32. The lowest BCUT2D eigenvalue weighted by Gasteiger charge is -2.39. The summed E-state index contributed by atoms with van der Waals surface area (Å²) in [4.78, 5) is 0. The van der Waals surface area contributed by atoms with Gasteiger partial charge in [0.15, 0.2) is 0 Å². The Morgan fingerprint density at radius 3 is 2.94 bits per heavy atom. The lowest BCUT2D eigenvalue weighted by atomic mass is 9.77. The van der Waals surface area contributed by atoms with Gasteiger partial charge in [-0.25, -0.2) is 0 Å². The van der Waals surface area contributed by atoms with Gasteiger partial charge in [0.05, 0.1) is 6.61 Å². The number of rotatable bonds is 7. The minimum absolute atomic E-state index is 0.0100. The summed E-state index contributed by atoms with van der Waals surface area (Å²) in [5.74, 6) is 0.736. The molecule has 2 atom stereocenters. The number of nitrogens with one attached hydrogen (secondary N) is 1. The number of aliphatic hydroxyl groups is 1. The molecule has 1 aliphatic rings. The third-order valence-electron chi connectivity index (χ3n) is 3.56. The van der Waals surface area contributed by atoms with Gasteiger partial charge in [0.1, 0.15) is 0 Å². The third-order valence-corrected chi connectivity index (χ3v) is 3.56. The van der Waals surface area contributed by atoms with E-state index in [-0.39, 0.29) is 12.1 Å². The summed E-state index contributed by atoms with van der Waals surface area (Å²) in [5.41, 5.74) is -0.0100. The molecule has 3 nitrogen and oxygen atoms in total. The highest BCUT2D eigenvalue weighted by molar-refractivity contribution is 4.92. The number of hydrogen-bond donors (Lipinski definition) is 2. The fourth-order valence-corrected chi connectivity index (χ4v) is 2.69. The molecule has 96 valence electrons. The normalized spacial score (nSPS) is 30.6. The lowest BCUT2D eigenvalue weighted by molar-refractivity contribution is 0.0930. The van der Waals surface area contributed by atoms with E-state index in [1.807, 2.05) is 6.92 Å². The summed E-state index contributed by atoms with van der Waals surface area (Å²) < 4.78 is 5.31. The van der Waals surface area contributed by atoms with Gasteiger partial charge in [-0.3, -0.25) is 0 Å². The molecular formula is C13H27NO2. The van der Waals surface area contributed by atoms with Crippen LogP contribution in [0.15, 0.2) is 0 Å². The maximum atomic E-state index is 9.57. The van der Waals surface area contributed by atoms with Crippen molar-refractivity contribution in [3.63, 3.8) is 0 Å². The molecule has 1 fully saturated rings. The maximum Gasteiger partial charge on any atom is 0.0613 e. The first-order chi connectivity index (χ1) is 7.72. The van der Waals surface area contributed by atoms with Crippen LogP contribution in [0.4, 0.5) is 0 Å². The van der Waals surface area contributed by atoms with E-state index in [2.05, 4.69) is 12.2 Å². The summed E-state index contributed by atoms with van der Waals surface area (Å²) in [6, 6.07) is 0. The zero-order valence-corrected chi connectivity index (χ0v) is 10.8. The first-order valence-corrected chi connectivity index (χ1v) is 6.66. The van der Waals surface area contributed by atoms with Crippen LogP contribution < -0.4 is 5.32 Å². The summed E-state index contributed by atoms with van der Waals surface area (Å²) in [5, 5.41) is 13.1. The van der Waals surface area contributed by atoms with E-state index < -0.39 is 0 Å². The summed E-state index contributed by atoms with van der Waals surface area (Å²) in [6.45, 7) is 7.14. The summed E-state index contributed by atoms with van der Waals surface area (Å²) >= 11 is 0. The second-order valence-electron chi connectivity index (χ2n) is 5.12. The van der Waals surface area contributed by atoms with Crippen LogP contribution in [0.25, 0.3) is 0 Å². The Morgan fingerprint density at radius 1 is 1.50 bits per heavy atom. The Morgan fingerprint density at radius 2 is 2.31 bits per heavy atom. The molecule has 0 aromatic carbocycles. The number of ether oxygens (including phenoxy) is 1. The molecule has 16 heavy (non-hydrogen) atoms. The van der Waals surface area contributed by atoms with Crippen molar-refractivity contribution in [2.75, 3.05) is 26.4 Å². The number of hydrogen-bond acceptors (Lipinski definition) is 3. The van der Waals surface area contributed by atoms with Gasteiger partial charge in [0, 0.05) is 18.8 Å². The van der Waals surface area contributed by atoms with Crippen molar-refractivity contribution < 1.29 is 9.84 Å². The molecule has 0 radical (unpaired) electrons. The predicted octanol–water partition coefficient (Wildman–Crippen LogP) is 1.94. The van der Waals surface area contributed by atoms with Crippen molar-refractivity contribution in [1.29, 1.82) is 0 Å². The van der Waals surface area contributed by atoms with Crippen molar-refractivity contribution in [2.45, 2.75) is 51.5 Å². The van der Waals surface area contributed by atoms with E-state index in [9.17, 15) is 5.11 Å². The Balaban J connectivity index is 2.24. The first-order valence-electron chi connectivity index (χ1n) is 6.66. The molecule has 1 saturated carbocycles. The van der Waals surface area contributed by atoms with E-state index in [0.717, 1.165) is 44.9 Å². The van der Waals surface area contributed by atoms with Crippen molar-refractivity contribution in [3.8, 4) is 0 Å². The van der Waals surface area contributed by atoms with E-state index in [1.165, 1.54) is 12.8 Å². The van der Waals surface area contributed by atoms with Crippen LogP contribution >= 0.6 is 0 Å². The molecule has 0 aromatic heterocycles. The van der Waals surface area contributed by atoms with Crippen LogP contribution in [0, 0.1) is 5.92 Å². The van der Waals surface area contributed by atoms with E-state index in [0.29, 0.717) is 0 Å². The summed E-state index contributed by atoms with van der Waals surface area (Å²) in [6.07, 6.45) is 5.80. The SMILES string of the molecule is CCOCCCNC1(CO)CCCC(C)C1. The molecule has 0 saturated heterocycles. The quantitative estimate of drug-likeness (QED) is 0.656. The highest BCUT2D eigenvalue weighted by Crippen LogP contribution is 2.31. The van der Waals surface area contributed by atoms with Crippen LogP contribution in [0.1, 0.15) is 46.0 Å². The second kappa shape index (κ2) is 7.25. The van der Waals surface area contributed by atoms with Crippen LogP contribution in [-0.2, 0) is 4.74 Å². The summed E-state index contributed by atoms with van der Waals surface area (Å²) in [7, 11) is 0. The molecule has 0 aliphatic heterocycles. The van der Waals surface area contributed by atoms with E-state index >= 15 is 0 Å². The molecule has 0 amide bonds. The van der Waals surface area contributed by atoms with Crippen LogP contribution in [0.5, 0.6) is 0 Å². The topological polar surface area (TPSA) is 41.5 Å². The van der Waals surface area contributed by atoms with E-state index in [4.69, 9.17) is 4.74 Å². The van der Waals surface area contributed by atoms with Gasteiger partial charge >= 0.3 is 0 Å². The Hall–Kier alpha value is -0.120. The van der Waals surface area contributed by atoms with Gasteiger partial charge in [0.2, 0.25) is 0 Å². The van der Waals surface area contributed by atoms with Gasteiger partial charge in [-0.05, 0) is 38.6 Å². The minimum Gasteiger partial charge on any atom is -0.394 e. The average Bonchev–Trinajstić information content (AvgIpc) is 2.29. The lowest BCUT2D eigenvalue weighted by Crippen LogP contribution is -2.51. The predicted molar refractivity (Wildman–Crippen MR) is 66.6 cm³/mol. The van der Waals surface area contributed by atoms with Gasteiger partial charge in [-0.1, -0.05) is 19.8 Å². The molecular weight excluding hydrogens is 202 g/mol. The van der Waals surface area contributed by atoms with Crippen molar-refractivity contribution in [2.24, 2.45) is 5.92 Å². The van der Waals surface area contributed by atoms with Crippen LogP contribution in [0.2, 0.25) is 0 Å². The van der Waals surface area contributed by atoms with Crippen molar-refractivity contribution >= 4 is 0 Å². The monoisotopic (exact) mass is 229 g/mol. The average molecular weight is 229 g/mol. The standard InChI is InChI=1S/C13H27NO2/c1-3-16-9-5-8-14-13(11-15)7-4-6-12(2)10-13/h12,14-15H,3-11H2,1-2H3. The molecule has 2 N–H and O–H groups in total. The van der Waals surface area contributed by atoms with Crippen LogP contribution in [0.3, 0.4) is 0 Å². The van der Waals surface area contributed by atoms with Gasteiger partial charge < -0.3 is 15.2 Å². The molecule has 0 heterocycles. The fraction of sp³-hybridized carbons (Fsp3) is 1.00. The molecule has 1 rings (SSSR count). The van der Waals surface area contributed by atoms with Gasteiger partial charge in [0.25, 0.3) is 0 Å². The van der Waals surface area contributed by atoms with Gasteiger partial charge in [-0.15, -0.1) is 0 Å². The fourth-order valence-electron chi connectivity index (χ4n) is 2.69. The molecule has 0 aromatic rings. The minimum atomic E-state index is -0.0100. The molecule has 2 unspecified atom stereocenters. The van der Waals surface area contributed by atoms with E-state index in [1.54, 1.807) is 0 Å². The number of aliphatic hydroxyl groups excluding tert-OH is 1. The maximum absolute atomic E-state index is 9.57. The highest BCUT2D eigenvalue weighted by Gasteiger charge is 2.33. The Bertz CT molecular complexity index is 187. The largest absolute Gasteiger partial charge is 0.394 e. The second-order valence-corrected chi connectivity index (χ2v) is 5.12. The highest BCUT2D eigenvalue weighted by atomic mass is 16.5. The zero-order chi connectivity index (χ0) is 11.9. The third kappa shape index (κ3) is 4.40. The smallest absolute Gasteiger partial charge is 0.0613 e. The molecule has 1 aliphatic carbocycles. The molecule has 0 spiro atoms. The zero-order valence-electron chi connectivity index (χ0n) is 10.8. The van der Waals surface area contributed by atoms with Gasteiger partial charge in [-0.2, -0.15) is 0 Å². The van der Waals surface area contributed by atoms with Crippen molar-refractivity contribution in [3.05, 3.63) is 0 Å². The van der Waals surface area contributed by atoms with Crippen molar-refractivity contribution in [1.82, 2.24) is 5.32 Å². The first kappa shape index (κ1) is 13.9. The Labute approximate surface area is 99.6 Å². The molecule has 3 heteroatoms. The molecule has 0 bridgehead atoms.